The number of rotatable bonds is 5. The molecule has 2 amide bonds. The van der Waals surface area contributed by atoms with E-state index < -0.39 is 29.2 Å². The Morgan fingerprint density at radius 3 is 2.06 bits per heavy atom. The highest BCUT2D eigenvalue weighted by Gasteiger charge is 2.62. The number of hydrogen-bond acceptors (Lipinski definition) is 4. The molecule has 3 fully saturated rings. The maximum absolute atomic E-state index is 13.6. The average Bonchev–Trinajstić information content (AvgIpc) is 3.14. The number of alkyl carbamates (subject to hydrolysis) is 1. The molecule has 0 radical (unpaired) electrons. The Labute approximate surface area is 192 Å². The van der Waals surface area contributed by atoms with Gasteiger partial charge in [-0.3, -0.25) is 4.79 Å². The minimum Gasteiger partial charge on any atom is -0.479 e. The molecule has 3 aliphatic rings. The van der Waals surface area contributed by atoms with Crippen LogP contribution in [0.1, 0.15) is 98.3 Å². The Kier molecular flexibility index (Phi) is 7.77. The van der Waals surface area contributed by atoms with Crippen LogP contribution in [0.25, 0.3) is 0 Å². The van der Waals surface area contributed by atoms with Crippen molar-refractivity contribution in [3.8, 4) is 0 Å². The number of carbonyl (C=O) groups excluding carboxylic acids is 2. The largest absolute Gasteiger partial charge is 0.479 e. The van der Waals surface area contributed by atoms with Gasteiger partial charge in [0.05, 0.1) is 0 Å². The number of nitrogens with one attached hydrogen (secondary N) is 1. The van der Waals surface area contributed by atoms with Crippen molar-refractivity contribution in [3.63, 3.8) is 0 Å². The lowest BCUT2D eigenvalue weighted by Crippen LogP contribution is -2.65. The second-order valence-electron chi connectivity index (χ2n) is 11.1. The lowest BCUT2D eigenvalue weighted by Gasteiger charge is -2.49. The molecule has 1 saturated heterocycles. The van der Waals surface area contributed by atoms with Crippen LogP contribution in [0.4, 0.5) is 4.79 Å². The molecule has 0 spiro atoms. The van der Waals surface area contributed by atoms with E-state index in [1.54, 1.807) is 32.6 Å². The smallest absolute Gasteiger partial charge is 0.408 e. The lowest BCUT2D eigenvalue weighted by molar-refractivity contribution is -0.167. The minimum absolute atomic E-state index is 0.0129. The van der Waals surface area contributed by atoms with E-state index in [1.807, 2.05) is 0 Å². The minimum atomic E-state index is -1.16. The first-order chi connectivity index (χ1) is 15.1. The van der Waals surface area contributed by atoms with Crippen molar-refractivity contribution < 1.29 is 24.2 Å². The fraction of sp³-hybridized carbons (Fsp3) is 0.880. The molecular weight excluding hydrogens is 408 g/mol. The monoisotopic (exact) mass is 450 g/mol. The molecule has 7 nitrogen and oxygen atoms in total. The lowest BCUT2D eigenvalue weighted by atomic mass is 9.62. The first-order valence-electron chi connectivity index (χ1n) is 12.6. The van der Waals surface area contributed by atoms with Gasteiger partial charge in [-0.15, -0.1) is 0 Å². The van der Waals surface area contributed by atoms with E-state index >= 15 is 0 Å². The van der Waals surface area contributed by atoms with E-state index in [0.717, 1.165) is 64.2 Å². The molecule has 0 aromatic heterocycles. The van der Waals surface area contributed by atoms with Gasteiger partial charge in [0.2, 0.25) is 5.91 Å². The van der Waals surface area contributed by atoms with Crippen LogP contribution in [0.3, 0.4) is 0 Å². The highest BCUT2D eigenvalue weighted by Crippen LogP contribution is 2.52. The second-order valence-corrected chi connectivity index (χ2v) is 11.1. The summed E-state index contributed by atoms with van der Waals surface area (Å²) in [5.74, 6) is -0.840. The van der Waals surface area contributed by atoms with Crippen LogP contribution in [0.5, 0.6) is 0 Å². The normalized spacial score (nSPS) is 28.9. The third-order valence-electron chi connectivity index (χ3n) is 7.83. The number of carboxylic acids is 1. The summed E-state index contributed by atoms with van der Waals surface area (Å²) in [5.41, 5.74) is -1.83. The zero-order valence-corrected chi connectivity index (χ0v) is 20.3. The van der Waals surface area contributed by atoms with Crippen LogP contribution in [-0.4, -0.2) is 51.7 Å². The fourth-order valence-corrected chi connectivity index (χ4v) is 6.59. The van der Waals surface area contributed by atoms with E-state index in [9.17, 15) is 19.5 Å². The summed E-state index contributed by atoms with van der Waals surface area (Å²) in [6, 6.07) is -0.836. The molecule has 32 heavy (non-hydrogen) atoms. The Hall–Kier alpha value is -1.79. The SMILES string of the molecule is C[C@H](NC(=O)OC(C)(C)C)C(=O)N1CCC(C2CCCCC2)[C@]1(C(=O)O)C1CCCCC1. The quantitative estimate of drug-likeness (QED) is 0.631. The topological polar surface area (TPSA) is 95.9 Å². The van der Waals surface area contributed by atoms with Crippen LogP contribution < -0.4 is 5.32 Å². The van der Waals surface area contributed by atoms with Gasteiger partial charge in [0, 0.05) is 6.54 Å². The Morgan fingerprint density at radius 1 is 0.969 bits per heavy atom. The molecule has 0 bridgehead atoms. The summed E-state index contributed by atoms with van der Waals surface area (Å²) >= 11 is 0. The standard InChI is InChI=1S/C25H42N2O5/c1-17(26-23(31)32-24(2,3)4)21(28)27-16-15-20(18-11-7-5-8-12-18)25(27,22(29)30)19-13-9-6-10-14-19/h17-20H,5-16H2,1-4H3,(H,26,31)(H,29,30)/t17-,20?,25-/m0/s1. The molecule has 3 atom stereocenters. The maximum atomic E-state index is 13.6. The van der Waals surface area contributed by atoms with Gasteiger partial charge in [0.15, 0.2) is 0 Å². The average molecular weight is 451 g/mol. The Bertz CT molecular complexity index is 691. The van der Waals surface area contributed by atoms with Crippen molar-refractivity contribution in [1.29, 1.82) is 0 Å². The third kappa shape index (κ3) is 5.07. The molecule has 2 saturated carbocycles. The highest BCUT2D eigenvalue weighted by atomic mass is 16.6. The van der Waals surface area contributed by atoms with Crippen LogP contribution in [0, 0.1) is 17.8 Å². The number of amides is 2. The summed E-state index contributed by atoms with van der Waals surface area (Å²) in [4.78, 5) is 40.7. The van der Waals surface area contributed by atoms with Gasteiger partial charge in [0.1, 0.15) is 17.2 Å². The summed E-state index contributed by atoms with van der Waals surface area (Å²) in [6.07, 6.45) is 10.6. The van der Waals surface area contributed by atoms with E-state index in [4.69, 9.17) is 4.74 Å². The van der Waals surface area contributed by atoms with Crippen LogP contribution >= 0.6 is 0 Å². The molecule has 2 aliphatic carbocycles. The maximum Gasteiger partial charge on any atom is 0.408 e. The van der Waals surface area contributed by atoms with Gasteiger partial charge in [-0.2, -0.15) is 0 Å². The van der Waals surface area contributed by atoms with Crippen molar-refractivity contribution in [2.75, 3.05) is 6.54 Å². The zero-order chi connectivity index (χ0) is 23.5. The summed E-state index contributed by atoms with van der Waals surface area (Å²) in [6.45, 7) is 7.39. The van der Waals surface area contributed by atoms with Gasteiger partial charge in [-0.1, -0.05) is 51.4 Å². The molecule has 1 unspecified atom stereocenters. The predicted molar refractivity (Wildman–Crippen MR) is 122 cm³/mol. The first kappa shape index (κ1) is 24.8. The Morgan fingerprint density at radius 2 is 1.53 bits per heavy atom. The van der Waals surface area contributed by atoms with Crippen molar-refractivity contribution in [2.45, 2.75) is 116 Å². The molecule has 0 aromatic rings. The van der Waals surface area contributed by atoms with Crippen molar-refractivity contribution >= 4 is 18.0 Å². The molecule has 2 N–H and O–H groups in total. The summed E-state index contributed by atoms with van der Waals surface area (Å²) < 4.78 is 5.32. The highest BCUT2D eigenvalue weighted by molar-refractivity contribution is 5.92. The Balaban J connectivity index is 1.89. The van der Waals surface area contributed by atoms with Gasteiger partial charge in [0.25, 0.3) is 0 Å². The zero-order valence-electron chi connectivity index (χ0n) is 20.3. The number of likely N-dealkylation sites (tertiary alicyclic amines) is 1. The number of carboxylic acid groups (broad SMARTS) is 1. The van der Waals surface area contributed by atoms with Crippen LogP contribution in [0.15, 0.2) is 0 Å². The van der Waals surface area contributed by atoms with Gasteiger partial charge in [-0.05, 0) is 64.7 Å². The van der Waals surface area contributed by atoms with E-state index in [-0.39, 0.29) is 17.7 Å². The number of hydrogen-bond donors (Lipinski definition) is 2. The fourth-order valence-electron chi connectivity index (χ4n) is 6.59. The first-order valence-corrected chi connectivity index (χ1v) is 12.6. The molecule has 3 rings (SSSR count). The molecule has 7 heteroatoms. The van der Waals surface area contributed by atoms with E-state index in [1.165, 1.54) is 6.42 Å². The molecule has 1 heterocycles. The number of carbonyl (C=O) groups is 3. The number of ether oxygens (including phenoxy) is 1. The van der Waals surface area contributed by atoms with Crippen molar-refractivity contribution in [2.24, 2.45) is 17.8 Å². The van der Waals surface area contributed by atoms with Gasteiger partial charge in [-0.25, -0.2) is 9.59 Å². The van der Waals surface area contributed by atoms with Crippen molar-refractivity contribution in [1.82, 2.24) is 10.2 Å². The molecule has 182 valence electrons. The van der Waals surface area contributed by atoms with Gasteiger partial charge >= 0.3 is 12.1 Å². The summed E-state index contributed by atoms with van der Waals surface area (Å²) in [7, 11) is 0. The number of nitrogens with zero attached hydrogens (tertiary/aromatic N) is 1. The predicted octanol–water partition coefficient (Wildman–Crippen LogP) is 4.73. The van der Waals surface area contributed by atoms with Crippen LogP contribution in [-0.2, 0) is 14.3 Å². The third-order valence-corrected chi connectivity index (χ3v) is 7.83. The van der Waals surface area contributed by atoms with Crippen molar-refractivity contribution in [3.05, 3.63) is 0 Å². The van der Waals surface area contributed by atoms with Gasteiger partial charge < -0.3 is 20.1 Å². The van der Waals surface area contributed by atoms with E-state index in [2.05, 4.69) is 5.32 Å². The van der Waals surface area contributed by atoms with Crippen LogP contribution in [0.2, 0.25) is 0 Å². The summed E-state index contributed by atoms with van der Waals surface area (Å²) in [5, 5.41) is 13.4. The molecular formula is C25H42N2O5. The number of aliphatic carboxylic acids is 1. The molecule has 1 aliphatic heterocycles. The molecule has 0 aromatic carbocycles. The second kappa shape index (κ2) is 10.0. The van der Waals surface area contributed by atoms with E-state index in [0.29, 0.717) is 12.5 Å².